The zero-order chi connectivity index (χ0) is 10.4. The van der Waals surface area contributed by atoms with Crippen LogP contribution in [0.1, 0.15) is 19.8 Å². The molecule has 0 saturated heterocycles. The Kier molecular flexibility index (Phi) is 4.05. The van der Waals surface area contributed by atoms with Crippen molar-refractivity contribution in [2.45, 2.75) is 19.8 Å². The summed E-state index contributed by atoms with van der Waals surface area (Å²) in [7, 11) is 0. The zero-order valence-corrected chi connectivity index (χ0v) is 9.89. The third-order valence-electron chi connectivity index (χ3n) is 1.80. The van der Waals surface area contributed by atoms with Gasteiger partial charge in [0.15, 0.2) is 0 Å². The molecule has 0 radical (unpaired) electrons. The Morgan fingerprint density at radius 3 is 2.43 bits per heavy atom. The standard InChI is InChI=1S/C11H14O2Se/c1-2-3-7-10-14(12,13)11-8-5-4-6-9-11/h4-10H,2-3H2,1H3/b10-7+. The second kappa shape index (κ2) is 5.08. The maximum atomic E-state index is 11.7. The molecule has 0 N–H and O–H groups in total. The zero-order valence-electron chi connectivity index (χ0n) is 8.18. The van der Waals surface area contributed by atoms with Gasteiger partial charge in [0.25, 0.3) is 0 Å². The third kappa shape index (κ3) is 3.09. The van der Waals surface area contributed by atoms with Crippen LogP contribution in [0.3, 0.4) is 0 Å². The Balaban J connectivity index is 2.87. The molecule has 1 aromatic rings. The maximum absolute atomic E-state index is 11.7. The molecule has 0 saturated carbocycles. The van der Waals surface area contributed by atoms with E-state index in [1.54, 1.807) is 30.3 Å². The number of hydrogen-bond acceptors (Lipinski definition) is 2. The molecule has 3 heteroatoms. The van der Waals surface area contributed by atoms with Gasteiger partial charge in [0.05, 0.1) is 0 Å². The number of rotatable bonds is 4. The first-order valence-corrected chi connectivity index (χ1v) is 7.88. The minimum absolute atomic E-state index is 0.427. The van der Waals surface area contributed by atoms with Gasteiger partial charge in [-0.05, 0) is 0 Å². The van der Waals surface area contributed by atoms with Gasteiger partial charge in [0, 0.05) is 0 Å². The van der Waals surface area contributed by atoms with Crippen molar-refractivity contribution in [2.75, 3.05) is 0 Å². The molecule has 0 amide bonds. The Morgan fingerprint density at radius 1 is 1.21 bits per heavy atom. The topological polar surface area (TPSA) is 34.1 Å². The summed E-state index contributed by atoms with van der Waals surface area (Å²) >= 11 is -3.98. The van der Waals surface area contributed by atoms with Crippen LogP contribution >= 0.6 is 0 Å². The van der Waals surface area contributed by atoms with Crippen LogP contribution in [0.15, 0.2) is 41.4 Å². The summed E-state index contributed by atoms with van der Waals surface area (Å²) in [6.07, 6.45) is 3.52. The van der Waals surface area contributed by atoms with E-state index in [0.29, 0.717) is 4.46 Å². The van der Waals surface area contributed by atoms with Crippen molar-refractivity contribution >= 4 is 17.2 Å². The van der Waals surface area contributed by atoms with E-state index in [9.17, 15) is 7.67 Å². The second-order valence-corrected chi connectivity index (χ2v) is 6.87. The van der Waals surface area contributed by atoms with Gasteiger partial charge in [-0.3, -0.25) is 0 Å². The van der Waals surface area contributed by atoms with Gasteiger partial charge in [-0.2, -0.15) is 0 Å². The molecule has 0 aliphatic rings. The van der Waals surface area contributed by atoms with Gasteiger partial charge in [0.2, 0.25) is 0 Å². The average molecular weight is 257 g/mol. The molecule has 1 rings (SSSR count). The van der Waals surface area contributed by atoms with Gasteiger partial charge in [-0.1, -0.05) is 0 Å². The first-order valence-electron chi connectivity index (χ1n) is 4.63. The molecule has 0 bridgehead atoms. The van der Waals surface area contributed by atoms with E-state index in [4.69, 9.17) is 0 Å². The van der Waals surface area contributed by atoms with Gasteiger partial charge in [0.1, 0.15) is 0 Å². The van der Waals surface area contributed by atoms with E-state index in [1.165, 1.54) is 4.97 Å². The van der Waals surface area contributed by atoms with Crippen molar-refractivity contribution in [3.8, 4) is 0 Å². The fourth-order valence-corrected chi connectivity index (χ4v) is 3.32. The molecule has 76 valence electrons. The molecular weight excluding hydrogens is 243 g/mol. The summed E-state index contributed by atoms with van der Waals surface area (Å²) in [6, 6.07) is 8.56. The Bertz CT molecular complexity index is 391. The summed E-state index contributed by atoms with van der Waals surface area (Å²) in [4.78, 5) is 1.36. The number of hydrogen-bond donors (Lipinski definition) is 0. The van der Waals surface area contributed by atoms with E-state index in [-0.39, 0.29) is 0 Å². The molecule has 1 aromatic carbocycles. The van der Waals surface area contributed by atoms with Crippen LogP contribution in [-0.4, -0.2) is 12.7 Å². The number of benzene rings is 1. The molecule has 14 heavy (non-hydrogen) atoms. The quantitative estimate of drug-likeness (QED) is 0.774. The summed E-state index contributed by atoms with van der Waals surface area (Å²) in [5.41, 5.74) is 0. The molecule has 0 fully saturated rings. The molecule has 0 unspecified atom stereocenters. The molecule has 2 nitrogen and oxygen atoms in total. The molecular formula is C11H14O2Se. The summed E-state index contributed by atoms with van der Waals surface area (Å²) in [6.45, 7) is 2.02. The summed E-state index contributed by atoms with van der Waals surface area (Å²) in [5, 5.41) is 0. The predicted octanol–water partition coefficient (Wildman–Crippen LogP) is 2.09. The van der Waals surface area contributed by atoms with Crippen LogP contribution in [0.4, 0.5) is 0 Å². The van der Waals surface area contributed by atoms with E-state index >= 15 is 0 Å². The fraction of sp³-hybridized carbons (Fsp3) is 0.273. The molecule has 0 aromatic heterocycles. The Hall–Kier alpha value is -0.921. The van der Waals surface area contributed by atoms with Gasteiger partial charge >= 0.3 is 86.0 Å². The van der Waals surface area contributed by atoms with Crippen LogP contribution in [0, 0.1) is 0 Å². The van der Waals surface area contributed by atoms with Crippen molar-refractivity contribution in [1.29, 1.82) is 0 Å². The van der Waals surface area contributed by atoms with Crippen LogP contribution in [0.5, 0.6) is 0 Å². The third-order valence-corrected chi connectivity index (χ3v) is 4.91. The Labute approximate surface area is 86.3 Å². The molecule has 0 atom stereocenters. The van der Waals surface area contributed by atoms with Crippen LogP contribution in [0.25, 0.3) is 0 Å². The molecule has 0 heterocycles. The molecule has 0 spiro atoms. The fourth-order valence-electron chi connectivity index (χ4n) is 1.05. The van der Waals surface area contributed by atoms with E-state index in [0.717, 1.165) is 12.8 Å². The van der Waals surface area contributed by atoms with Gasteiger partial charge in [-0.15, -0.1) is 0 Å². The molecule has 0 aliphatic carbocycles. The van der Waals surface area contributed by atoms with Crippen molar-refractivity contribution < 1.29 is 7.67 Å². The number of allylic oxidation sites excluding steroid dienone is 1. The summed E-state index contributed by atoms with van der Waals surface area (Å²) < 4.78 is 23.8. The van der Waals surface area contributed by atoms with Crippen molar-refractivity contribution in [2.24, 2.45) is 0 Å². The van der Waals surface area contributed by atoms with Crippen LogP contribution < -0.4 is 4.46 Å². The first kappa shape index (κ1) is 11.2. The SMILES string of the molecule is CCC/C=C/[Se](=O)(=O)c1ccccc1. The van der Waals surface area contributed by atoms with Crippen molar-refractivity contribution in [1.82, 2.24) is 0 Å². The second-order valence-electron chi connectivity index (χ2n) is 3.02. The monoisotopic (exact) mass is 258 g/mol. The van der Waals surface area contributed by atoms with Crippen LogP contribution in [-0.2, 0) is 7.67 Å². The normalized spacial score (nSPS) is 12.1. The molecule has 0 aliphatic heterocycles. The van der Waals surface area contributed by atoms with Gasteiger partial charge < -0.3 is 0 Å². The first-order chi connectivity index (χ1) is 6.67. The average Bonchev–Trinajstić information content (AvgIpc) is 2.19. The van der Waals surface area contributed by atoms with E-state index in [1.807, 2.05) is 13.0 Å². The predicted molar refractivity (Wildman–Crippen MR) is 57.3 cm³/mol. The minimum atomic E-state index is -3.98. The van der Waals surface area contributed by atoms with E-state index < -0.39 is 12.7 Å². The summed E-state index contributed by atoms with van der Waals surface area (Å²) in [5.74, 6) is 0. The van der Waals surface area contributed by atoms with Crippen molar-refractivity contribution in [3.63, 3.8) is 0 Å². The van der Waals surface area contributed by atoms with Crippen LogP contribution in [0.2, 0.25) is 0 Å². The van der Waals surface area contributed by atoms with Gasteiger partial charge in [-0.25, -0.2) is 0 Å². The number of unbranched alkanes of at least 4 members (excludes halogenated alkanes) is 1. The van der Waals surface area contributed by atoms with E-state index in [2.05, 4.69) is 0 Å². The van der Waals surface area contributed by atoms with Crippen molar-refractivity contribution in [3.05, 3.63) is 41.4 Å². The Morgan fingerprint density at radius 2 is 1.86 bits per heavy atom.